The van der Waals surface area contributed by atoms with Crippen LogP contribution in [0, 0.1) is 0 Å². The zero-order valence-electron chi connectivity index (χ0n) is 6.67. The van der Waals surface area contributed by atoms with Crippen molar-refractivity contribution in [1.29, 1.82) is 0 Å². The summed E-state index contributed by atoms with van der Waals surface area (Å²) in [6.07, 6.45) is 1.59. The number of halogens is 1. The third-order valence-electron chi connectivity index (χ3n) is 1.41. The van der Waals surface area contributed by atoms with Crippen molar-refractivity contribution in [3.8, 4) is 0 Å². The zero-order valence-corrected chi connectivity index (χ0v) is 8.31. The van der Waals surface area contributed by atoms with E-state index in [0.29, 0.717) is 0 Å². The number of hydrogen-bond acceptors (Lipinski definition) is 2. The zero-order chi connectivity index (χ0) is 9.19. The van der Waals surface area contributed by atoms with Crippen LogP contribution in [0.15, 0.2) is 35.7 Å². The lowest BCUT2D eigenvalue weighted by atomic mass is 10.2. The molecular weight excluding hydrogens is 212 g/mol. The molecule has 3 nitrogen and oxygen atoms in total. The second-order valence-electron chi connectivity index (χ2n) is 2.25. The molecule has 72 valence electrons. The lowest BCUT2D eigenvalue weighted by molar-refractivity contribution is 0.483. The normalized spacial score (nSPS) is 10.2. The maximum Gasteiger partial charge on any atom is 0.294 e. The Labute approximate surface area is 83.3 Å². The molecule has 0 fully saturated rings. The SMILES string of the molecule is C=Cc1ccc(S(=O)(=O)O)cc1.Cl. The molecule has 0 aliphatic rings. The van der Waals surface area contributed by atoms with Crippen molar-refractivity contribution in [2.45, 2.75) is 4.90 Å². The maximum atomic E-state index is 10.6. The highest BCUT2D eigenvalue weighted by Gasteiger charge is 2.07. The van der Waals surface area contributed by atoms with Gasteiger partial charge in [-0.2, -0.15) is 8.42 Å². The van der Waals surface area contributed by atoms with Gasteiger partial charge in [0.25, 0.3) is 10.1 Å². The van der Waals surface area contributed by atoms with Crippen molar-refractivity contribution in [3.63, 3.8) is 0 Å². The van der Waals surface area contributed by atoms with Crippen LogP contribution in [-0.2, 0) is 10.1 Å². The van der Waals surface area contributed by atoms with Crippen molar-refractivity contribution >= 4 is 28.6 Å². The van der Waals surface area contributed by atoms with Crippen LogP contribution >= 0.6 is 12.4 Å². The molecule has 5 heteroatoms. The van der Waals surface area contributed by atoms with Gasteiger partial charge in [-0.15, -0.1) is 12.4 Å². The molecule has 1 N–H and O–H groups in total. The van der Waals surface area contributed by atoms with E-state index in [2.05, 4.69) is 6.58 Å². The average Bonchev–Trinajstić information content (AvgIpc) is 2.03. The van der Waals surface area contributed by atoms with Gasteiger partial charge in [0, 0.05) is 0 Å². The molecule has 0 saturated carbocycles. The van der Waals surface area contributed by atoms with Gasteiger partial charge >= 0.3 is 0 Å². The van der Waals surface area contributed by atoms with Crippen LogP contribution in [0.3, 0.4) is 0 Å². The van der Waals surface area contributed by atoms with Crippen LogP contribution in [0.4, 0.5) is 0 Å². The summed E-state index contributed by atoms with van der Waals surface area (Å²) in [5.74, 6) is 0. The fraction of sp³-hybridized carbons (Fsp3) is 0. The van der Waals surface area contributed by atoms with Crippen LogP contribution in [-0.4, -0.2) is 13.0 Å². The Hall–Kier alpha value is -0.840. The summed E-state index contributed by atoms with van der Waals surface area (Å²) >= 11 is 0. The lowest BCUT2D eigenvalue weighted by Gasteiger charge is -1.96. The van der Waals surface area contributed by atoms with Crippen LogP contribution in [0.5, 0.6) is 0 Å². The Morgan fingerprint density at radius 1 is 1.23 bits per heavy atom. The van der Waals surface area contributed by atoms with Gasteiger partial charge in [0.05, 0.1) is 4.90 Å². The van der Waals surface area contributed by atoms with E-state index in [9.17, 15) is 8.42 Å². The van der Waals surface area contributed by atoms with Gasteiger partial charge in [-0.25, -0.2) is 0 Å². The minimum Gasteiger partial charge on any atom is -0.282 e. The fourth-order valence-corrected chi connectivity index (χ4v) is 1.26. The molecule has 0 amide bonds. The summed E-state index contributed by atoms with van der Waals surface area (Å²) in [4.78, 5) is -0.104. The lowest BCUT2D eigenvalue weighted by Crippen LogP contribution is -1.96. The highest BCUT2D eigenvalue weighted by atomic mass is 35.5. The topological polar surface area (TPSA) is 54.4 Å². The quantitative estimate of drug-likeness (QED) is 0.776. The summed E-state index contributed by atoms with van der Waals surface area (Å²) in [7, 11) is -4.06. The second-order valence-corrected chi connectivity index (χ2v) is 3.67. The second kappa shape index (κ2) is 4.41. The van der Waals surface area contributed by atoms with Crippen molar-refractivity contribution < 1.29 is 13.0 Å². The van der Waals surface area contributed by atoms with Crippen LogP contribution in [0.25, 0.3) is 6.08 Å². The first-order chi connectivity index (χ1) is 5.54. The maximum absolute atomic E-state index is 10.6. The molecular formula is C8H9ClO3S. The van der Waals surface area contributed by atoms with E-state index in [-0.39, 0.29) is 17.3 Å². The Bertz CT molecular complexity index is 380. The molecule has 0 radical (unpaired) electrons. The minimum absolute atomic E-state index is 0. The van der Waals surface area contributed by atoms with E-state index in [1.165, 1.54) is 12.1 Å². The molecule has 1 aromatic carbocycles. The first kappa shape index (κ1) is 12.2. The molecule has 0 bridgehead atoms. The van der Waals surface area contributed by atoms with Crippen LogP contribution in [0.2, 0.25) is 0 Å². The third-order valence-corrected chi connectivity index (χ3v) is 2.28. The molecule has 1 aromatic rings. The molecule has 0 saturated heterocycles. The number of benzene rings is 1. The predicted octanol–water partition coefficient (Wildman–Crippen LogP) is 2.00. The van der Waals surface area contributed by atoms with Crippen molar-refractivity contribution in [2.75, 3.05) is 0 Å². The van der Waals surface area contributed by atoms with Gasteiger partial charge < -0.3 is 0 Å². The van der Waals surface area contributed by atoms with Gasteiger partial charge in [0.15, 0.2) is 0 Å². The smallest absolute Gasteiger partial charge is 0.282 e. The summed E-state index contributed by atoms with van der Waals surface area (Å²) < 4.78 is 29.7. The molecule has 13 heavy (non-hydrogen) atoms. The standard InChI is InChI=1S/C8H8O3S.ClH/c1-2-7-3-5-8(6-4-7)12(9,10)11;/h2-6H,1H2,(H,9,10,11);1H. The molecule has 0 aliphatic carbocycles. The van der Waals surface area contributed by atoms with Gasteiger partial charge in [-0.3, -0.25) is 4.55 Å². The van der Waals surface area contributed by atoms with E-state index < -0.39 is 10.1 Å². The molecule has 0 unspecified atom stereocenters. The van der Waals surface area contributed by atoms with E-state index in [1.807, 2.05) is 0 Å². The molecule has 1 rings (SSSR count). The first-order valence-electron chi connectivity index (χ1n) is 3.24. The van der Waals surface area contributed by atoms with Gasteiger partial charge in [-0.05, 0) is 17.7 Å². The molecule has 0 aliphatic heterocycles. The Morgan fingerprint density at radius 3 is 2.00 bits per heavy atom. The molecule has 0 atom stereocenters. The van der Waals surface area contributed by atoms with E-state index in [1.54, 1.807) is 18.2 Å². The predicted molar refractivity (Wildman–Crippen MR) is 53.6 cm³/mol. The molecule has 0 heterocycles. The first-order valence-corrected chi connectivity index (χ1v) is 4.68. The number of rotatable bonds is 2. The molecule has 0 spiro atoms. The summed E-state index contributed by atoms with van der Waals surface area (Å²) in [5, 5.41) is 0. The average molecular weight is 221 g/mol. The van der Waals surface area contributed by atoms with Crippen molar-refractivity contribution in [1.82, 2.24) is 0 Å². The van der Waals surface area contributed by atoms with E-state index in [0.717, 1.165) is 5.56 Å². The van der Waals surface area contributed by atoms with E-state index >= 15 is 0 Å². The minimum atomic E-state index is -4.06. The van der Waals surface area contributed by atoms with Gasteiger partial charge in [0.2, 0.25) is 0 Å². The monoisotopic (exact) mass is 220 g/mol. The van der Waals surface area contributed by atoms with Crippen molar-refractivity contribution in [2.24, 2.45) is 0 Å². The highest BCUT2D eigenvalue weighted by Crippen LogP contribution is 2.10. The Balaban J connectivity index is 0.00000144. The van der Waals surface area contributed by atoms with Crippen LogP contribution in [0.1, 0.15) is 5.56 Å². The highest BCUT2D eigenvalue weighted by molar-refractivity contribution is 7.85. The largest absolute Gasteiger partial charge is 0.294 e. The number of hydrogen-bond donors (Lipinski definition) is 1. The van der Waals surface area contributed by atoms with Gasteiger partial charge in [-0.1, -0.05) is 24.8 Å². The molecule has 0 aromatic heterocycles. The van der Waals surface area contributed by atoms with E-state index in [4.69, 9.17) is 4.55 Å². The summed E-state index contributed by atoms with van der Waals surface area (Å²) in [5.41, 5.74) is 0.808. The van der Waals surface area contributed by atoms with Gasteiger partial charge in [0.1, 0.15) is 0 Å². The fourth-order valence-electron chi connectivity index (χ4n) is 0.776. The Kier molecular flexibility index (Phi) is 4.13. The summed E-state index contributed by atoms with van der Waals surface area (Å²) in [6.45, 7) is 3.51. The third kappa shape index (κ3) is 3.18. The Morgan fingerprint density at radius 2 is 1.69 bits per heavy atom. The van der Waals surface area contributed by atoms with Crippen LogP contribution < -0.4 is 0 Å². The van der Waals surface area contributed by atoms with Crippen molar-refractivity contribution in [3.05, 3.63) is 36.4 Å². The summed E-state index contributed by atoms with van der Waals surface area (Å²) in [6, 6.07) is 5.78.